The lowest BCUT2D eigenvalue weighted by molar-refractivity contribution is 0.100. The molecule has 2 aromatic rings. The molecule has 0 saturated heterocycles. The maximum Gasteiger partial charge on any atom is 0.248 e. The van der Waals surface area contributed by atoms with Crippen molar-refractivity contribution in [2.45, 2.75) is 13.8 Å². The zero-order chi connectivity index (χ0) is 12.4. The molecule has 0 unspecified atom stereocenters. The van der Waals surface area contributed by atoms with E-state index < -0.39 is 5.91 Å². The fraction of sp³-hybridized carbons (Fsp3) is 0.133. The lowest BCUT2D eigenvalue weighted by atomic mass is 10.00. The highest BCUT2D eigenvalue weighted by molar-refractivity contribution is 5.93. The highest BCUT2D eigenvalue weighted by Gasteiger charge is 2.02. The Morgan fingerprint density at radius 2 is 1.41 bits per heavy atom. The summed E-state index contributed by atoms with van der Waals surface area (Å²) in [5.41, 5.74) is 10.5. The molecule has 0 aliphatic rings. The van der Waals surface area contributed by atoms with Gasteiger partial charge in [-0.15, -0.1) is 0 Å². The molecule has 0 radical (unpaired) electrons. The number of benzene rings is 2. The number of amides is 1. The quantitative estimate of drug-likeness (QED) is 0.838. The highest BCUT2D eigenvalue weighted by Crippen LogP contribution is 2.22. The summed E-state index contributed by atoms with van der Waals surface area (Å²) in [6.45, 7) is 4.16. The Kier molecular flexibility index (Phi) is 2.96. The van der Waals surface area contributed by atoms with E-state index >= 15 is 0 Å². The smallest absolute Gasteiger partial charge is 0.248 e. The zero-order valence-corrected chi connectivity index (χ0v) is 10.0. The van der Waals surface area contributed by atoms with Crippen LogP contribution in [0.15, 0.2) is 42.5 Å². The van der Waals surface area contributed by atoms with Crippen molar-refractivity contribution in [2.24, 2.45) is 5.73 Å². The highest BCUT2D eigenvalue weighted by atomic mass is 16.1. The average Bonchev–Trinajstić information content (AvgIpc) is 2.28. The van der Waals surface area contributed by atoms with Gasteiger partial charge in [-0.2, -0.15) is 0 Å². The molecule has 0 saturated carbocycles. The van der Waals surface area contributed by atoms with Crippen molar-refractivity contribution in [1.29, 1.82) is 0 Å². The predicted octanol–water partition coefficient (Wildman–Crippen LogP) is 3.07. The van der Waals surface area contributed by atoms with Crippen molar-refractivity contribution < 1.29 is 4.79 Å². The van der Waals surface area contributed by atoms with Gasteiger partial charge >= 0.3 is 0 Å². The standard InChI is InChI=1S/C15H15NO/c1-10-7-11(2)9-14(8-10)12-3-5-13(6-4-12)15(16)17/h3-9H,1-2H3,(H2,16,17). The Hall–Kier alpha value is -2.09. The van der Waals surface area contributed by atoms with Gasteiger partial charge in [-0.05, 0) is 37.1 Å². The molecular formula is C15H15NO. The molecule has 2 N–H and O–H groups in total. The summed E-state index contributed by atoms with van der Waals surface area (Å²) in [6, 6.07) is 13.8. The van der Waals surface area contributed by atoms with Gasteiger partial charge in [-0.3, -0.25) is 4.79 Å². The van der Waals surface area contributed by atoms with E-state index in [-0.39, 0.29) is 0 Å². The van der Waals surface area contributed by atoms with Crippen LogP contribution in [-0.2, 0) is 0 Å². The van der Waals surface area contributed by atoms with Crippen molar-refractivity contribution >= 4 is 5.91 Å². The molecule has 2 aromatic carbocycles. The number of primary amides is 1. The lowest BCUT2D eigenvalue weighted by Crippen LogP contribution is -2.10. The van der Waals surface area contributed by atoms with Crippen molar-refractivity contribution in [2.75, 3.05) is 0 Å². The normalized spacial score (nSPS) is 10.2. The van der Waals surface area contributed by atoms with E-state index in [2.05, 4.69) is 32.0 Å². The van der Waals surface area contributed by atoms with Crippen LogP contribution in [0, 0.1) is 13.8 Å². The molecular weight excluding hydrogens is 210 g/mol. The fourth-order valence-electron chi connectivity index (χ4n) is 1.97. The number of nitrogens with two attached hydrogens (primary N) is 1. The van der Waals surface area contributed by atoms with Crippen molar-refractivity contribution in [1.82, 2.24) is 0 Å². The van der Waals surface area contributed by atoms with Crippen LogP contribution in [0.25, 0.3) is 11.1 Å². The van der Waals surface area contributed by atoms with E-state index in [1.54, 1.807) is 12.1 Å². The summed E-state index contributed by atoms with van der Waals surface area (Å²) in [4.78, 5) is 11.0. The van der Waals surface area contributed by atoms with E-state index in [1.807, 2.05) is 12.1 Å². The van der Waals surface area contributed by atoms with Gasteiger partial charge in [0.15, 0.2) is 0 Å². The Balaban J connectivity index is 2.43. The Morgan fingerprint density at radius 3 is 1.88 bits per heavy atom. The molecule has 0 aromatic heterocycles. The van der Waals surface area contributed by atoms with E-state index in [0.717, 1.165) is 5.56 Å². The monoisotopic (exact) mass is 225 g/mol. The minimum absolute atomic E-state index is 0.392. The number of hydrogen-bond donors (Lipinski definition) is 1. The summed E-state index contributed by atoms with van der Waals surface area (Å²) < 4.78 is 0. The van der Waals surface area contributed by atoms with Crippen LogP contribution in [0.4, 0.5) is 0 Å². The van der Waals surface area contributed by atoms with Crippen molar-refractivity contribution in [3.05, 3.63) is 59.2 Å². The van der Waals surface area contributed by atoms with E-state index in [0.29, 0.717) is 5.56 Å². The fourth-order valence-corrected chi connectivity index (χ4v) is 1.97. The molecule has 2 rings (SSSR count). The first-order valence-electron chi connectivity index (χ1n) is 5.55. The Labute approximate surface area is 101 Å². The van der Waals surface area contributed by atoms with Crippen LogP contribution in [-0.4, -0.2) is 5.91 Å². The third-order valence-electron chi connectivity index (χ3n) is 2.72. The van der Waals surface area contributed by atoms with Crippen LogP contribution in [0.2, 0.25) is 0 Å². The van der Waals surface area contributed by atoms with Crippen molar-refractivity contribution in [3.8, 4) is 11.1 Å². The second-order valence-corrected chi connectivity index (χ2v) is 4.32. The maximum atomic E-state index is 11.0. The van der Waals surface area contributed by atoms with E-state index in [4.69, 9.17) is 5.73 Å². The largest absolute Gasteiger partial charge is 0.366 e. The topological polar surface area (TPSA) is 43.1 Å². The molecule has 0 spiro atoms. The minimum Gasteiger partial charge on any atom is -0.366 e. The summed E-state index contributed by atoms with van der Waals surface area (Å²) in [5.74, 6) is -0.392. The molecule has 0 aliphatic carbocycles. The number of rotatable bonds is 2. The molecule has 0 aliphatic heterocycles. The molecule has 17 heavy (non-hydrogen) atoms. The average molecular weight is 225 g/mol. The molecule has 2 heteroatoms. The number of hydrogen-bond acceptors (Lipinski definition) is 1. The van der Waals surface area contributed by atoms with Gasteiger partial charge in [-0.1, -0.05) is 41.5 Å². The van der Waals surface area contributed by atoms with Crippen molar-refractivity contribution in [3.63, 3.8) is 0 Å². The number of aryl methyl sites for hydroxylation is 2. The van der Waals surface area contributed by atoms with Crippen LogP contribution in [0.5, 0.6) is 0 Å². The van der Waals surface area contributed by atoms with E-state index in [1.165, 1.54) is 16.7 Å². The van der Waals surface area contributed by atoms with Crippen LogP contribution in [0.3, 0.4) is 0 Å². The molecule has 0 heterocycles. The molecule has 0 atom stereocenters. The van der Waals surface area contributed by atoms with Gasteiger partial charge < -0.3 is 5.73 Å². The number of carbonyl (C=O) groups excluding carboxylic acids is 1. The first-order valence-corrected chi connectivity index (χ1v) is 5.55. The molecule has 0 fully saturated rings. The first-order chi connectivity index (χ1) is 8.06. The molecule has 0 bridgehead atoms. The van der Waals surface area contributed by atoms with Gasteiger partial charge in [0.2, 0.25) is 5.91 Å². The maximum absolute atomic E-state index is 11.0. The molecule has 1 amide bonds. The third-order valence-corrected chi connectivity index (χ3v) is 2.72. The predicted molar refractivity (Wildman–Crippen MR) is 69.9 cm³/mol. The van der Waals surface area contributed by atoms with Gasteiger partial charge in [0.05, 0.1) is 0 Å². The van der Waals surface area contributed by atoms with Gasteiger partial charge in [0, 0.05) is 5.56 Å². The summed E-state index contributed by atoms with van der Waals surface area (Å²) in [7, 11) is 0. The Bertz CT molecular complexity index is 535. The third kappa shape index (κ3) is 2.53. The van der Waals surface area contributed by atoms with Gasteiger partial charge in [-0.25, -0.2) is 0 Å². The number of carbonyl (C=O) groups is 1. The van der Waals surface area contributed by atoms with Crippen LogP contribution >= 0.6 is 0 Å². The first kappa shape index (κ1) is 11.4. The SMILES string of the molecule is Cc1cc(C)cc(-c2ccc(C(N)=O)cc2)c1. The van der Waals surface area contributed by atoms with Crippen LogP contribution in [0.1, 0.15) is 21.5 Å². The summed E-state index contributed by atoms with van der Waals surface area (Å²) in [6.07, 6.45) is 0. The molecule has 2 nitrogen and oxygen atoms in total. The zero-order valence-electron chi connectivity index (χ0n) is 10.0. The van der Waals surface area contributed by atoms with E-state index in [9.17, 15) is 4.79 Å². The summed E-state index contributed by atoms with van der Waals surface area (Å²) >= 11 is 0. The van der Waals surface area contributed by atoms with Crippen LogP contribution < -0.4 is 5.73 Å². The van der Waals surface area contributed by atoms with Gasteiger partial charge in [0.25, 0.3) is 0 Å². The van der Waals surface area contributed by atoms with Gasteiger partial charge in [0.1, 0.15) is 0 Å². The second kappa shape index (κ2) is 4.42. The summed E-state index contributed by atoms with van der Waals surface area (Å²) in [5, 5.41) is 0. The minimum atomic E-state index is -0.392. The Morgan fingerprint density at radius 1 is 0.882 bits per heavy atom. The second-order valence-electron chi connectivity index (χ2n) is 4.32. The lowest BCUT2D eigenvalue weighted by Gasteiger charge is -2.05. The molecule has 86 valence electrons.